The van der Waals surface area contributed by atoms with Gasteiger partial charge in [-0.1, -0.05) is 26.5 Å². The number of thioether (sulfide) groups is 1. The zero-order chi connectivity index (χ0) is 21.9. The lowest BCUT2D eigenvalue weighted by molar-refractivity contribution is -0.0309. The van der Waals surface area contributed by atoms with Crippen LogP contribution in [0.15, 0.2) is 46.9 Å². The molecule has 3 N–H and O–H groups in total. The van der Waals surface area contributed by atoms with Gasteiger partial charge < -0.3 is 25.2 Å². The third-order valence-corrected chi connectivity index (χ3v) is 7.52. The number of amidine groups is 1. The van der Waals surface area contributed by atoms with Crippen LogP contribution in [-0.2, 0) is 4.74 Å². The van der Waals surface area contributed by atoms with Crippen molar-refractivity contribution >= 4 is 17.6 Å². The van der Waals surface area contributed by atoms with Crippen LogP contribution in [0.1, 0.15) is 46.0 Å². The Bertz CT molecular complexity index is 770. The van der Waals surface area contributed by atoms with E-state index in [1.165, 1.54) is 31.3 Å². The van der Waals surface area contributed by atoms with E-state index in [-0.39, 0.29) is 11.6 Å². The van der Waals surface area contributed by atoms with Crippen molar-refractivity contribution in [2.45, 2.75) is 57.6 Å². The summed E-state index contributed by atoms with van der Waals surface area (Å²) >= 11 is 1.85. The van der Waals surface area contributed by atoms with Gasteiger partial charge >= 0.3 is 0 Å². The van der Waals surface area contributed by atoms with Gasteiger partial charge in [0, 0.05) is 39.4 Å². The zero-order valence-electron chi connectivity index (χ0n) is 19.0. The number of methoxy groups -OCH3 is 1. The predicted octanol–water partition coefficient (Wildman–Crippen LogP) is 4.18. The third kappa shape index (κ3) is 4.57. The van der Waals surface area contributed by atoms with Crippen LogP contribution in [0.25, 0.3) is 0 Å². The SMILES string of the molecule is C=C(N/C(=C/NC)C(=N)N1CCC(C)(C)C1OC)C1=CSC(C2=CCCCC2)N1C. The Morgan fingerprint density at radius 1 is 1.40 bits per heavy atom. The molecule has 1 aliphatic carbocycles. The molecular formula is C23H37N5OS. The summed E-state index contributed by atoms with van der Waals surface area (Å²) in [6.07, 6.45) is 10.1. The maximum Gasteiger partial charge on any atom is 0.148 e. The van der Waals surface area contributed by atoms with Crippen LogP contribution < -0.4 is 10.6 Å². The largest absolute Gasteiger partial charge is 0.392 e. The molecule has 2 atom stereocenters. The fourth-order valence-corrected chi connectivity index (χ4v) is 5.82. The molecule has 30 heavy (non-hydrogen) atoms. The Morgan fingerprint density at radius 2 is 2.17 bits per heavy atom. The van der Waals surface area contributed by atoms with E-state index in [0.717, 1.165) is 24.4 Å². The molecule has 2 aliphatic heterocycles. The van der Waals surface area contributed by atoms with E-state index in [2.05, 4.69) is 54.5 Å². The number of rotatable bonds is 7. The lowest BCUT2D eigenvalue weighted by Gasteiger charge is -2.34. The monoisotopic (exact) mass is 431 g/mol. The van der Waals surface area contributed by atoms with Gasteiger partial charge in [0.05, 0.1) is 17.1 Å². The first-order chi connectivity index (χ1) is 14.3. The standard InChI is InChI=1S/C23H37N5OS/c1-16(19-15-30-21(27(19)5)17-10-8-7-9-11-17)26-18(14-25-4)20(24)28-13-12-23(2,3)22(28)29-6/h10,14-15,21-22,24-26H,1,7-9,11-13H2,2-6H3/b18-14+,24-20?. The van der Waals surface area contributed by atoms with Crippen LogP contribution in [-0.4, -0.2) is 55.0 Å². The van der Waals surface area contributed by atoms with Crippen LogP contribution in [0.2, 0.25) is 0 Å². The number of allylic oxidation sites excluding steroid dienone is 1. The molecule has 2 unspecified atom stereocenters. The van der Waals surface area contributed by atoms with E-state index in [4.69, 9.17) is 10.1 Å². The van der Waals surface area contributed by atoms with Crippen LogP contribution in [0.3, 0.4) is 0 Å². The second-order valence-electron chi connectivity index (χ2n) is 8.95. The van der Waals surface area contributed by atoms with Crippen LogP contribution in [0.4, 0.5) is 0 Å². The van der Waals surface area contributed by atoms with E-state index >= 15 is 0 Å². The summed E-state index contributed by atoms with van der Waals surface area (Å²) in [4.78, 5) is 4.33. The van der Waals surface area contributed by atoms with Gasteiger partial charge in [-0.3, -0.25) is 5.41 Å². The smallest absolute Gasteiger partial charge is 0.148 e. The summed E-state index contributed by atoms with van der Waals surface area (Å²) < 4.78 is 5.75. The minimum absolute atomic E-state index is 0.00852. The quantitative estimate of drug-likeness (QED) is 0.319. The van der Waals surface area contributed by atoms with Crippen molar-refractivity contribution in [1.82, 2.24) is 20.4 Å². The average molecular weight is 432 g/mol. The summed E-state index contributed by atoms with van der Waals surface area (Å²) in [5.41, 5.74) is 4.11. The Kier molecular flexibility index (Phi) is 7.24. The Hall–Kier alpha value is -1.86. The fourth-order valence-electron chi connectivity index (χ4n) is 4.57. The fraction of sp³-hybridized carbons (Fsp3) is 0.609. The Morgan fingerprint density at radius 3 is 2.80 bits per heavy atom. The first-order valence-corrected chi connectivity index (χ1v) is 11.7. The highest BCUT2D eigenvalue weighted by molar-refractivity contribution is 8.03. The molecule has 1 saturated heterocycles. The van der Waals surface area contributed by atoms with E-state index in [9.17, 15) is 0 Å². The normalized spacial score (nSPS) is 26.4. The van der Waals surface area contributed by atoms with E-state index < -0.39 is 0 Å². The van der Waals surface area contributed by atoms with Crippen molar-refractivity contribution in [2.24, 2.45) is 5.41 Å². The summed E-state index contributed by atoms with van der Waals surface area (Å²) in [5, 5.41) is 17.9. The molecule has 0 aromatic rings. The molecule has 0 radical (unpaired) electrons. The summed E-state index contributed by atoms with van der Waals surface area (Å²) in [7, 11) is 5.71. The van der Waals surface area contributed by atoms with Crippen LogP contribution in [0.5, 0.6) is 0 Å². The summed E-state index contributed by atoms with van der Waals surface area (Å²) in [5.74, 6) is 0.420. The summed E-state index contributed by atoms with van der Waals surface area (Å²) in [6, 6.07) is 0. The predicted molar refractivity (Wildman–Crippen MR) is 127 cm³/mol. The third-order valence-electron chi connectivity index (χ3n) is 6.28. The van der Waals surface area contributed by atoms with Gasteiger partial charge in [-0.05, 0) is 43.1 Å². The van der Waals surface area contributed by atoms with Crippen molar-refractivity contribution in [3.63, 3.8) is 0 Å². The molecule has 3 aliphatic rings. The van der Waals surface area contributed by atoms with Crippen LogP contribution in [0, 0.1) is 10.8 Å². The number of ether oxygens (including phenoxy) is 1. The maximum atomic E-state index is 8.86. The molecule has 2 heterocycles. The topological polar surface area (TPSA) is 63.6 Å². The number of hydrogen-bond acceptors (Lipinski definition) is 6. The molecule has 3 rings (SSSR count). The van der Waals surface area contributed by atoms with Gasteiger partial charge in [0.1, 0.15) is 17.4 Å². The second-order valence-corrected chi connectivity index (χ2v) is 9.90. The van der Waals surface area contributed by atoms with Gasteiger partial charge in [-0.25, -0.2) is 0 Å². The number of likely N-dealkylation sites (tertiary alicyclic amines) is 1. The molecule has 0 aromatic carbocycles. The second kappa shape index (κ2) is 9.52. The van der Waals surface area contributed by atoms with Gasteiger partial charge in [-0.2, -0.15) is 0 Å². The molecule has 6 nitrogen and oxygen atoms in total. The highest BCUT2D eigenvalue weighted by Gasteiger charge is 2.42. The molecular weight excluding hydrogens is 394 g/mol. The summed E-state index contributed by atoms with van der Waals surface area (Å²) in [6.45, 7) is 9.48. The van der Waals surface area contributed by atoms with Crippen molar-refractivity contribution in [2.75, 3.05) is 27.7 Å². The molecule has 166 valence electrons. The number of hydrogen-bond donors (Lipinski definition) is 3. The Labute approximate surface area is 186 Å². The molecule has 0 aromatic heterocycles. The lowest BCUT2D eigenvalue weighted by atomic mass is 9.91. The maximum absolute atomic E-state index is 8.86. The first-order valence-electron chi connectivity index (χ1n) is 10.8. The zero-order valence-corrected chi connectivity index (χ0v) is 19.9. The molecule has 7 heteroatoms. The van der Waals surface area contributed by atoms with E-state index in [0.29, 0.717) is 16.9 Å². The number of nitrogens with one attached hydrogen (secondary N) is 3. The van der Waals surface area contributed by atoms with Crippen LogP contribution >= 0.6 is 11.8 Å². The van der Waals surface area contributed by atoms with Gasteiger partial charge in [0.15, 0.2) is 0 Å². The molecule has 0 amide bonds. The molecule has 1 fully saturated rings. The average Bonchev–Trinajstić information content (AvgIpc) is 3.26. The highest BCUT2D eigenvalue weighted by Crippen LogP contribution is 2.40. The minimum Gasteiger partial charge on any atom is -0.392 e. The van der Waals surface area contributed by atoms with E-state index in [1.807, 2.05) is 29.9 Å². The molecule has 0 spiro atoms. The Balaban J connectivity index is 1.70. The highest BCUT2D eigenvalue weighted by atomic mass is 32.2. The van der Waals surface area contributed by atoms with Crippen molar-refractivity contribution in [3.8, 4) is 0 Å². The molecule has 0 bridgehead atoms. The van der Waals surface area contributed by atoms with Gasteiger partial charge in [-0.15, -0.1) is 11.8 Å². The van der Waals surface area contributed by atoms with Gasteiger partial charge in [0.25, 0.3) is 0 Å². The van der Waals surface area contributed by atoms with Crippen molar-refractivity contribution in [1.29, 1.82) is 5.41 Å². The number of likely N-dealkylation sites (N-methyl/N-ethyl adjacent to an activating group) is 1. The minimum atomic E-state index is -0.119. The van der Waals surface area contributed by atoms with Crippen molar-refractivity contribution in [3.05, 3.63) is 46.9 Å². The lowest BCUT2D eigenvalue weighted by Crippen LogP contribution is -2.44. The molecule has 0 saturated carbocycles. The van der Waals surface area contributed by atoms with E-state index in [1.54, 1.807) is 7.11 Å². The first kappa shape index (κ1) is 22.8. The van der Waals surface area contributed by atoms with Gasteiger partial charge in [0.2, 0.25) is 0 Å². The van der Waals surface area contributed by atoms with Crippen molar-refractivity contribution < 1.29 is 4.74 Å². The number of nitrogens with zero attached hydrogens (tertiary/aromatic N) is 2.